The number of aliphatic hydroxyl groups is 2. The summed E-state index contributed by atoms with van der Waals surface area (Å²) < 4.78 is 27.8. The van der Waals surface area contributed by atoms with Gasteiger partial charge in [-0.3, -0.25) is 0 Å². The van der Waals surface area contributed by atoms with Crippen LogP contribution in [0.5, 0.6) is 0 Å². The van der Waals surface area contributed by atoms with E-state index in [0.29, 0.717) is 38.5 Å². The van der Waals surface area contributed by atoms with Crippen molar-refractivity contribution in [1.82, 2.24) is 0 Å². The Morgan fingerprint density at radius 2 is 1.67 bits per heavy atom. The average molecular weight is 392 g/mol. The maximum absolute atomic E-state index is 13.9. The minimum Gasteiger partial charge on any atom is -0.477 e. The van der Waals surface area contributed by atoms with E-state index in [1.54, 1.807) is 0 Å². The maximum atomic E-state index is 13.9. The third-order valence-corrected chi connectivity index (χ3v) is 6.23. The minimum absolute atomic E-state index is 0.00868. The topological polar surface area (TPSA) is 77.8 Å². The number of unbranched alkanes of at least 4 members (excludes halogenated alkanes) is 7. The molecular formula is C21H37F2O4. The molecule has 0 amide bonds. The second-order valence-corrected chi connectivity index (χ2v) is 8.24. The van der Waals surface area contributed by atoms with Gasteiger partial charge < -0.3 is 15.3 Å². The van der Waals surface area contributed by atoms with Gasteiger partial charge in [0.25, 0.3) is 5.79 Å². The lowest BCUT2D eigenvalue weighted by molar-refractivity contribution is -0.205. The largest absolute Gasteiger partial charge is 0.477 e. The number of rotatable bonds is 15. The van der Waals surface area contributed by atoms with Crippen LogP contribution in [0.4, 0.5) is 8.78 Å². The molecule has 0 aromatic heterocycles. The predicted molar refractivity (Wildman–Crippen MR) is 101 cm³/mol. The summed E-state index contributed by atoms with van der Waals surface area (Å²) in [5.41, 5.74) is -0.927. The van der Waals surface area contributed by atoms with Gasteiger partial charge in [0, 0.05) is 11.8 Å². The van der Waals surface area contributed by atoms with Gasteiger partial charge in [-0.1, -0.05) is 64.7 Å². The van der Waals surface area contributed by atoms with Gasteiger partial charge >= 0.3 is 12.4 Å². The van der Waals surface area contributed by atoms with Crippen LogP contribution in [-0.2, 0) is 4.79 Å². The van der Waals surface area contributed by atoms with Crippen molar-refractivity contribution < 1.29 is 28.9 Å². The predicted octanol–water partition coefficient (Wildman–Crippen LogP) is 5.67. The number of hydrogen-bond donors (Lipinski definition) is 3. The van der Waals surface area contributed by atoms with Crippen molar-refractivity contribution in [3.05, 3.63) is 6.43 Å². The van der Waals surface area contributed by atoms with Crippen molar-refractivity contribution in [2.24, 2.45) is 11.3 Å². The molecule has 1 fully saturated rings. The second-order valence-electron chi connectivity index (χ2n) is 8.24. The summed E-state index contributed by atoms with van der Waals surface area (Å²) in [5, 5.41) is 27.2. The van der Waals surface area contributed by atoms with E-state index >= 15 is 0 Å². The normalized spacial score (nSPS) is 23.3. The lowest BCUT2D eigenvalue weighted by atomic mass is 9.72. The molecule has 1 aliphatic rings. The minimum atomic E-state index is -2.69. The van der Waals surface area contributed by atoms with Gasteiger partial charge in [0.2, 0.25) is 0 Å². The van der Waals surface area contributed by atoms with Gasteiger partial charge in [-0.2, -0.15) is 8.78 Å². The zero-order valence-corrected chi connectivity index (χ0v) is 16.7. The quantitative estimate of drug-likeness (QED) is 0.248. The van der Waals surface area contributed by atoms with Crippen LogP contribution in [0.25, 0.3) is 0 Å². The van der Waals surface area contributed by atoms with E-state index in [2.05, 4.69) is 6.92 Å². The molecule has 159 valence electrons. The number of carboxylic acids is 1. The molecule has 0 aromatic carbocycles. The molecule has 0 aromatic rings. The first-order valence-corrected chi connectivity index (χ1v) is 10.6. The van der Waals surface area contributed by atoms with E-state index in [0.717, 1.165) is 32.1 Å². The Labute approximate surface area is 162 Å². The summed E-state index contributed by atoms with van der Waals surface area (Å²) in [7, 11) is 0. The van der Waals surface area contributed by atoms with Gasteiger partial charge in [-0.25, -0.2) is 4.79 Å². The van der Waals surface area contributed by atoms with Crippen LogP contribution in [0, 0.1) is 17.8 Å². The van der Waals surface area contributed by atoms with Crippen molar-refractivity contribution in [3.63, 3.8) is 0 Å². The number of halogens is 2. The summed E-state index contributed by atoms with van der Waals surface area (Å²) in [6, 6.07) is 0. The smallest absolute Gasteiger partial charge is 0.364 e. The van der Waals surface area contributed by atoms with Crippen LogP contribution in [0.1, 0.15) is 103 Å². The number of carboxylic acid groups (broad SMARTS) is 1. The van der Waals surface area contributed by atoms with Crippen molar-refractivity contribution in [2.45, 2.75) is 109 Å². The summed E-state index contributed by atoms with van der Waals surface area (Å²) >= 11 is 0. The number of aliphatic carboxylic acids is 1. The lowest BCUT2D eigenvalue weighted by Crippen LogP contribution is -2.37. The SMILES string of the molecule is CCCCCCCC[C@@]1([C](F)F)CCC[C@@H]1CCCCCC(O)(O)C(=O)O. The lowest BCUT2D eigenvalue weighted by Gasteiger charge is -2.34. The fraction of sp³-hybridized carbons (Fsp3) is 0.905. The van der Waals surface area contributed by atoms with Crippen molar-refractivity contribution in [2.75, 3.05) is 0 Å². The van der Waals surface area contributed by atoms with Crippen LogP contribution >= 0.6 is 0 Å². The van der Waals surface area contributed by atoms with Crippen molar-refractivity contribution in [3.8, 4) is 0 Å². The highest BCUT2D eigenvalue weighted by Gasteiger charge is 2.50. The highest BCUT2D eigenvalue weighted by Crippen LogP contribution is 2.56. The summed E-state index contributed by atoms with van der Waals surface area (Å²) in [4.78, 5) is 10.7. The van der Waals surface area contributed by atoms with E-state index in [-0.39, 0.29) is 12.3 Å². The Bertz CT molecular complexity index is 428. The van der Waals surface area contributed by atoms with Gasteiger partial charge in [-0.15, -0.1) is 0 Å². The fourth-order valence-corrected chi connectivity index (χ4v) is 4.50. The molecule has 6 heteroatoms. The Hall–Kier alpha value is -0.750. The maximum Gasteiger partial charge on any atom is 0.364 e. The second kappa shape index (κ2) is 11.9. The van der Waals surface area contributed by atoms with Gasteiger partial charge in [0.05, 0.1) is 0 Å². The van der Waals surface area contributed by atoms with Crippen molar-refractivity contribution in [1.29, 1.82) is 0 Å². The van der Waals surface area contributed by atoms with E-state index in [9.17, 15) is 23.8 Å². The number of hydrogen-bond acceptors (Lipinski definition) is 3. The van der Waals surface area contributed by atoms with E-state index in [1.807, 2.05) is 0 Å². The molecule has 2 atom stereocenters. The summed E-state index contributed by atoms with van der Waals surface area (Å²) in [5.74, 6) is -4.34. The molecule has 27 heavy (non-hydrogen) atoms. The summed E-state index contributed by atoms with van der Waals surface area (Å²) in [6.45, 7) is 2.16. The third kappa shape index (κ3) is 7.65. The van der Waals surface area contributed by atoms with E-state index in [4.69, 9.17) is 5.11 Å². The van der Waals surface area contributed by atoms with E-state index < -0.39 is 23.6 Å². The average Bonchev–Trinajstić information content (AvgIpc) is 3.01. The standard InChI is InChI=1S/C21H37F2O4/c1-2-3-4-5-6-9-14-20(18(22)23)15-11-13-17(20)12-8-7-10-16-21(26,27)19(24)25/h17,26-27H,2-16H2,1H3,(H,24,25)/t17-,20+/m0/s1. The highest BCUT2D eigenvalue weighted by atomic mass is 19.3. The van der Waals surface area contributed by atoms with Crippen LogP contribution < -0.4 is 0 Å². The van der Waals surface area contributed by atoms with Crippen LogP contribution in [-0.4, -0.2) is 27.1 Å². The summed E-state index contributed by atoms with van der Waals surface area (Å²) in [6.07, 6.45) is 10.1. The molecular weight excluding hydrogens is 354 g/mol. The molecule has 0 heterocycles. The fourth-order valence-electron chi connectivity index (χ4n) is 4.50. The molecule has 4 nitrogen and oxygen atoms in total. The molecule has 1 radical (unpaired) electrons. The zero-order chi connectivity index (χ0) is 20.3. The molecule has 0 bridgehead atoms. The number of carbonyl (C=O) groups is 1. The molecule has 0 unspecified atom stereocenters. The Morgan fingerprint density at radius 1 is 1.04 bits per heavy atom. The Kier molecular flexibility index (Phi) is 10.7. The molecule has 1 rings (SSSR count). The van der Waals surface area contributed by atoms with Gasteiger partial charge in [0.1, 0.15) is 0 Å². The Morgan fingerprint density at radius 3 is 2.30 bits per heavy atom. The molecule has 3 N–H and O–H groups in total. The first-order valence-electron chi connectivity index (χ1n) is 10.6. The van der Waals surface area contributed by atoms with E-state index in [1.165, 1.54) is 19.3 Å². The van der Waals surface area contributed by atoms with Crippen molar-refractivity contribution >= 4 is 5.97 Å². The first-order chi connectivity index (χ1) is 12.8. The Balaban J connectivity index is 2.39. The van der Waals surface area contributed by atoms with Crippen LogP contribution in [0.15, 0.2) is 0 Å². The zero-order valence-electron chi connectivity index (χ0n) is 16.7. The van der Waals surface area contributed by atoms with Crippen LogP contribution in [0.3, 0.4) is 0 Å². The first kappa shape index (κ1) is 24.3. The molecule has 0 spiro atoms. The monoisotopic (exact) mass is 391 g/mol. The molecule has 1 saturated carbocycles. The van der Waals surface area contributed by atoms with Gasteiger partial charge in [0.15, 0.2) is 0 Å². The molecule has 0 saturated heterocycles. The highest BCUT2D eigenvalue weighted by molar-refractivity contribution is 5.74. The molecule has 0 aliphatic heterocycles. The third-order valence-electron chi connectivity index (χ3n) is 6.23. The molecule has 1 aliphatic carbocycles. The van der Waals surface area contributed by atoms with Gasteiger partial charge in [-0.05, 0) is 38.0 Å². The van der Waals surface area contributed by atoms with Crippen LogP contribution in [0.2, 0.25) is 0 Å².